The van der Waals surface area contributed by atoms with E-state index in [1.165, 1.54) is 0 Å². The minimum absolute atomic E-state index is 0.0119. The summed E-state index contributed by atoms with van der Waals surface area (Å²) in [5, 5.41) is 10.5. The molecule has 5 rings (SSSR count). The van der Waals surface area contributed by atoms with Gasteiger partial charge in [-0.3, -0.25) is 9.59 Å². The molecule has 35 heavy (non-hydrogen) atoms. The molecule has 4 aromatic rings. The van der Waals surface area contributed by atoms with Gasteiger partial charge in [-0.05, 0) is 62.8 Å². The zero-order chi connectivity index (χ0) is 24.5. The topological polar surface area (TPSA) is 80.1 Å². The maximum Gasteiger partial charge on any atom is 0.254 e. The van der Waals surface area contributed by atoms with Crippen molar-refractivity contribution in [3.05, 3.63) is 70.7 Å². The van der Waals surface area contributed by atoms with Crippen LogP contribution < -0.4 is 5.32 Å². The van der Waals surface area contributed by atoms with Gasteiger partial charge in [-0.25, -0.2) is 9.67 Å². The Morgan fingerprint density at radius 3 is 2.54 bits per heavy atom. The molecule has 7 nitrogen and oxygen atoms in total. The quantitative estimate of drug-likeness (QED) is 0.426. The van der Waals surface area contributed by atoms with E-state index in [0.29, 0.717) is 24.2 Å². The van der Waals surface area contributed by atoms with Gasteiger partial charge < -0.3 is 10.2 Å². The zero-order valence-corrected chi connectivity index (χ0v) is 21.0. The minimum Gasteiger partial charge on any atom is -0.349 e. The summed E-state index contributed by atoms with van der Waals surface area (Å²) in [6.07, 6.45) is 3.20. The number of hydrogen-bond acceptors (Lipinski definition) is 5. The van der Waals surface area contributed by atoms with E-state index >= 15 is 0 Å². The van der Waals surface area contributed by atoms with Crippen molar-refractivity contribution in [3.63, 3.8) is 0 Å². The van der Waals surface area contributed by atoms with Crippen molar-refractivity contribution in [2.45, 2.75) is 45.7 Å². The zero-order valence-electron chi connectivity index (χ0n) is 20.2. The van der Waals surface area contributed by atoms with Crippen molar-refractivity contribution in [2.24, 2.45) is 0 Å². The van der Waals surface area contributed by atoms with E-state index in [9.17, 15) is 9.59 Å². The number of aryl methyl sites for hydroxylation is 1. The Hall–Kier alpha value is -3.52. The van der Waals surface area contributed by atoms with Gasteiger partial charge in [-0.2, -0.15) is 5.10 Å². The lowest BCUT2D eigenvalue weighted by Crippen LogP contribution is -2.46. The smallest absolute Gasteiger partial charge is 0.254 e. The van der Waals surface area contributed by atoms with E-state index in [0.717, 1.165) is 40.0 Å². The molecule has 8 heteroatoms. The van der Waals surface area contributed by atoms with E-state index in [1.54, 1.807) is 17.5 Å². The summed E-state index contributed by atoms with van der Waals surface area (Å²) in [7, 11) is 0. The molecule has 0 unspecified atom stereocenters. The van der Waals surface area contributed by atoms with Gasteiger partial charge in [0.25, 0.3) is 11.8 Å². The number of amides is 2. The molecule has 2 amide bonds. The fraction of sp³-hybridized carbons (Fsp3) is 0.333. The van der Waals surface area contributed by atoms with Crippen molar-refractivity contribution in [2.75, 3.05) is 13.1 Å². The molecular weight excluding hydrogens is 458 g/mol. The van der Waals surface area contributed by atoms with E-state index in [4.69, 9.17) is 4.98 Å². The molecule has 1 aromatic carbocycles. The molecule has 0 radical (unpaired) electrons. The van der Waals surface area contributed by atoms with Gasteiger partial charge in [-0.15, -0.1) is 11.3 Å². The Kier molecular flexibility index (Phi) is 6.38. The Labute approximate surface area is 208 Å². The summed E-state index contributed by atoms with van der Waals surface area (Å²) in [6, 6.07) is 13.7. The van der Waals surface area contributed by atoms with E-state index in [1.807, 2.05) is 64.4 Å². The third-order valence-corrected chi connectivity index (χ3v) is 7.46. The summed E-state index contributed by atoms with van der Waals surface area (Å²) >= 11 is 1.61. The highest BCUT2D eigenvalue weighted by Gasteiger charge is 2.28. The molecule has 0 saturated carbocycles. The lowest BCUT2D eigenvalue weighted by Gasteiger charge is -2.32. The number of rotatable bonds is 5. The Balaban J connectivity index is 1.35. The molecule has 1 N–H and O–H groups in total. The summed E-state index contributed by atoms with van der Waals surface area (Å²) < 4.78 is 1.87. The van der Waals surface area contributed by atoms with Crippen molar-refractivity contribution in [1.82, 2.24) is 25.0 Å². The van der Waals surface area contributed by atoms with Gasteiger partial charge in [0, 0.05) is 30.7 Å². The highest BCUT2D eigenvalue weighted by Crippen LogP contribution is 2.30. The van der Waals surface area contributed by atoms with Crippen molar-refractivity contribution < 1.29 is 9.59 Å². The molecule has 1 aliphatic heterocycles. The number of pyridine rings is 1. The normalized spacial score (nSPS) is 14.6. The van der Waals surface area contributed by atoms with Crippen LogP contribution in [0.2, 0.25) is 0 Å². The summed E-state index contributed by atoms with van der Waals surface area (Å²) in [5.74, 6) is -0.0624. The molecule has 0 aliphatic carbocycles. The van der Waals surface area contributed by atoms with Crippen molar-refractivity contribution >= 4 is 34.2 Å². The molecule has 0 atom stereocenters. The molecule has 0 bridgehead atoms. The molecule has 0 spiro atoms. The maximum atomic E-state index is 13.7. The fourth-order valence-electron chi connectivity index (χ4n) is 4.61. The van der Waals surface area contributed by atoms with Crippen LogP contribution in [0.4, 0.5) is 0 Å². The van der Waals surface area contributed by atoms with Gasteiger partial charge in [-0.1, -0.05) is 24.3 Å². The number of piperidine rings is 1. The molecule has 4 heterocycles. The second kappa shape index (κ2) is 9.62. The van der Waals surface area contributed by atoms with E-state index in [2.05, 4.69) is 24.3 Å². The number of nitrogens with one attached hydrogen (secondary N) is 1. The summed E-state index contributed by atoms with van der Waals surface area (Å²) in [5.41, 5.74) is 3.82. The first-order valence-corrected chi connectivity index (χ1v) is 12.9. The van der Waals surface area contributed by atoms with E-state index in [-0.39, 0.29) is 23.9 Å². The number of likely N-dealkylation sites (tertiary alicyclic amines) is 1. The molecule has 1 fully saturated rings. The number of benzene rings is 1. The van der Waals surface area contributed by atoms with Gasteiger partial charge in [0.2, 0.25) is 0 Å². The standard InChI is InChI=1S/C27H29N5O2S/c1-17(2)32-25-22(16-28-32)21(15-23(30-25)24-9-6-14-35-24)27(34)31-12-10-19(11-13-31)29-26(33)20-8-5-4-7-18(20)3/h4-9,14-17,19H,10-13H2,1-3H3,(H,29,33). The number of fused-ring (bicyclic) bond motifs is 1. The monoisotopic (exact) mass is 487 g/mol. The van der Waals surface area contributed by atoms with Crippen LogP contribution in [0, 0.1) is 6.92 Å². The number of thiophene rings is 1. The maximum absolute atomic E-state index is 13.7. The third kappa shape index (κ3) is 4.58. The fourth-order valence-corrected chi connectivity index (χ4v) is 5.30. The second-order valence-corrected chi connectivity index (χ2v) is 10.3. The molecule has 3 aromatic heterocycles. The van der Waals surface area contributed by atoms with Crippen LogP contribution in [0.25, 0.3) is 21.6 Å². The molecule has 180 valence electrons. The number of hydrogen-bond donors (Lipinski definition) is 1. The molecular formula is C27H29N5O2S. The Morgan fingerprint density at radius 1 is 1.09 bits per heavy atom. The second-order valence-electron chi connectivity index (χ2n) is 9.31. The number of nitrogens with zero attached hydrogens (tertiary/aromatic N) is 4. The van der Waals surface area contributed by atoms with Crippen molar-refractivity contribution in [3.8, 4) is 10.6 Å². The van der Waals surface area contributed by atoms with Crippen LogP contribution >= 0.6 is 11.3 Å². The average Bonchev–Trinajstić information content (AvgIpc) is 3.54. The summed E-state index contributed by atoms with van der Waals surface area (Å²) in [4.78, 5) is 34.2. The van der Waals surface area contributed by atoms with Crippen LogP contribution in [0.3, 0.4) is 0 Å². The molecule has 1 saturated heterocycles. The van der Waals surface area contributed by atoms with Crippen LogP contribution in [-0.4, -0.2) is 50.6 Å². The van der Waals surface area contributed by atoms with Gasteiger partial charge in [0.15, 0.2) is 5.65 Å². The first-order chi connectivity index (χ1) is 16.9. The number of aromatic nitrogens is 3. The first kappa shape index (κ1) is 23.2. The van der Waals surface area contributed by atoms with E-state index < -0.39 is 0 Å². The highest BCUT2D eigenvalue weighted by atomic mass is 32.1. The third-order valence-electron chi connectivity index (χ3n) is 6.57. The lowest BCUT2D eigenvalue weighted by atomic mass is 10.0. The molecule has 1 aliphatic rings. The van der Waals surface area contributed by atoms with Crippen LogP contribution in [0.1, 0.15) is 59.0 Å². The number of carbonyl (C=O) groups is 2. The Bertz CT molecular complexity index is 1370. The first-order valence-electron chi connectivity index (χ1n) is 12.0. The highest BCUT2D eigenvalue weighted by molar-refractivity contribution is 7.13. The SMILES string of the molecule is Cc1ccccc1C(=O)NC1CCN(C(=O)c2cc(-c3cccs3)nc3c2cnn3C(C)C)CC1. The lowest BCUT2D eigenvalue weighted by molar-refractivity contribution is 0.0700. The predicted molar refractivity (Wildman–Crippen MR) is 139 cm³/mol. The van der Waals surface area contributed by atoms with Gasteiger partial charge >= 0.3 is 0 Å². The largest absolute Gasteiger partial charge is 0.349 e. The van der Waals surface area contributed by atoms with Crippen LogP contribution in [0.5, 0.6) is 0 Å². The van der Waals surface area contributed by atoms with Gasteiger partial charge in [0.05, 0.1) is 27.7 Å². The van der Waals surface area contributed by atoms with Crippen molar-refractivity contribution in [1.29, 1.82) is 0 Å². The predicted octanol–water partition coefficient (Wildman–Crippen LogP) is 5.08. The van der Waals surface area contributed by atoms with Crippen LogP contribution in [-0.2, 0) is 0 Å². The number of carbonyl (C=O) groups excluding carboxylic acids is 2. The Morgan fingerprint density at radius 2 is 1.86 bits per heavy atom. The summed E-state index contributed by atoms with van der Waals surface area (Å²) in [6.45, 7) is 7.24. The average molecular weight is 488 g/mol. The minimum atomic E-state index is -0.0505. The van der Waals surface area contributed by atoms with Gasteiger partial charge in [0.1, 0.15) is 0 Å². The van der Waals surface area contributed by atoms with Crippen LogP contribution in [0.15, 0.2) is 54.0 Å².